The van der Waals surface area contributed by atoms with Crippen molar-refractivity contribution in [3.05, 3.63) is 60.7 Å². The third-order valence-electron chi connectivity index (χ3n) is 7.89. The van der Waals surface area contributed by atoms with E-state index in [9.17, 15) is 21.6 Å². The molecule has 2 aromatic rings. The number of sulfone groups is 2. The fourth-order valence-electron chi connectivity index (χ4n) is 5.62. The van der Waals surface area contributed by atoms with E-state index in [4.69, 9.17) is 4.74 Å². The van der Waals surface area contributed by atoms with Gasteiger partial charge in [-0.15, -0.1) is 0 Å². The Balaban J connectivity index is 2.09. The van der Waals surface area contributed by atoms with Crippen molar-refractivity contribution in [2.75, 3.05) is 0 Å². The molecule has 4 atom stereocenters. The van der Waals surface area contributed by atoms with E-state index in [0.717, 1.165) is 12.8 Å². The maximum atomic E-state index is 17.5. The maximum absolute atomic E-state index is 17.5. The zero-order chi connectivity index (χ0) is 28.8. The molecule has 0 N–H and O–H groups in total. The lowest BCUT2D eigenvalue weighted by Crippen LogP contribution is -2.49. The highest BCUT2D eigenvalue weighted by Crippen LogP contribution is 2.46. The van der Waals surface area contributed by atoms with Crippen molar-refractivity contribution >= 4 is 25.6 Å². The molecule has 2 aromatic carbocycles. The second-order valence-corrected chi connectivity index (χ2v) is 15.5. The molecule has 0 heterocycles. The first-order valence-electron chi connectivity index (χ1n) is 13.8. The van der Waals surface area contributed by atoms with Gasteiger partial charge in [-0.2, -0.15) is 0 Å². The third kappa shape index (κ3) is 6.56. The first kappa shape index (κ1) is 31.3. The first-order valence-corrected chi connectivity index (χ1v) is 16.8. The van der Waals surface area contributed by atoms with Crippen molar-refractivity contribution in [2.24, 2.45) is 23.7 Å². The molecule has 3 rings (SSSR count). The Morgan fingerprint density at radius 3 is 1.92 bits per heavy atom. The summed E-state index contributed by atoms with van der Waals surface area (Å²) in [6.07, 6.45) is 2.33. The molecule has 1 saturated carbocycles. The Kier molecular flexibility index (Phi) is 10.4. The van der Waals surface area contributed by atoms with Crippen LogP contribution in [0.15, 0.2) is 70.5 Å². The average molecular weight is 581 g/mol. The summed E-state index contributed by atoms with van der Waals surface area (Å²) in [7, 11) is -10.2. The molecule has 39 heavy (non-hydrogen) atoms. The van der Waals surface area contributed by atoms with Gasteiger partial charge >= 0.3 is 10.3 Å². The lowest BCUT2D eigenvalue weighted by molar-refractivity contribution is -0.157. The van der Waals surface area contributed by atoms with E-state index in [1.807, 2.05) is 6.92 Å². The van der Waals surface area contributed by atoms with Gasteiger partial charge in [-0.1, -0.05) is 83.4 Å². The molecule has 0 unspecified atom stereocenters. The fourth-order valence-corrected chi connectivity index (χ4v) is 10.3. The van der Waals surface area contributed by atoms with Gasteiger partial charge in [0, 0.05) is 5.92 Å². The van der Waals surface area contributed by atoms with Crippen LogP contribution in [0.1, 0.15) is 72.6 Å². The minimum atomic E-state index is -5.11. The van der Waals surface area contributed by atoms with Crippen LogP contribution < -0.4 is 0 Å². The zero-order valence-corrected chi connectivity index (χ0v) is 24.9. The molecule has 0 bridgehead atoms. The minimum absolute atomic E-state index is 0.116. The highest BCUT2D eigenvalue weighted by molar-refractivity contribution is 8.10. The number of alkyl halides is 1. The van der Waals surface area contributed by atoms with Gasteiger partial charge in [-0.3, -0.25) is 4.79 Å². The van der Waals surface area contributed by atoms with Crippen molar-refractivity contribution < 1.29 is 30.8 Å². The van der Waals surface area contributed by atoms with Crippen molar-refractivity contribution in [2.45, 2.75) is 92.9 Å². The molecule has 1 fully saturated rings. The largest absolute Gasteiger partial charge is 0.462 e. The van der Waals surface area contributed by atoms with E-state index in [0.29, 0.717) is 25.2 Å². The van der Waals surface area contributed by atoms with Gasteiger partial charge in [0.2, 0.25) is 19.7 Å². The molecule has 1 aliphatic carbocycles. The monoisotopic (exact) mass is 580 g/mol. The normalized spacial score (nSPS) is 21.4. The van der Waals surface area contributed by atoms with Gasteiger partial charge in [0.15, 0.2) is 0 Å². The zero-order valence-electron chi connectivity index (χ0n) is 23.3. The maximum Gasteiger partial charge on any atom is 0.321 e. The SMILES string of the molecule is CCCC[C@H](CC(=O)O[C@@H]1C[C@H](C)CC[C@H]1C(C)C)C(F)(S(=O)(=O)c1ccccc1)S(=O)(=O)c1ccccc1. The molecule has 0 saturated heterocycles. The summed E-state index contributed by atoms with van der Waals surface area (Å²) in [6.45, 7) is 8.06. The molecule has 6 nitrogen and oxygen atoms in total. The summed E-state index contributed by atoms with van der Waals surface area (Å²) in [5.74, 6) is -1.68. The number of unbranched alkanes of at least 4 members (excludes halogenated alkanes) is 1. The minimum Gasteiger partial charge on any atom is -0.462 e. The second kappa shape index (κ2) is 12.9. The molecule has 0 amide bonds. The number of carbonyl (C=O) groups is 1. The van der Waals surface area contributed by atoms with Gasteiger partial charge in [0.25, 0.3) is 0 Å². The van der Waals surface area contributed by atoms with E-state index >= 15 is 4.39 Å². The summed E-state index contributed by atoms with van der Waals surface area (Å²) in [5, 5.41) is 0. The van der Waals surface area contributed by atoms with Crippen LogP contribution in [0, 0.1) is 23.7 Å². The van der Waals surface area contributed by atoms with Crippen LogP contribution in [0.3, 0.4) is 0 Å². The second-order valence-electron chi connectivity index (χ2n) is 11.1. The number of ether oxygens (including phenoxy) is 1. The quantitative estimate of drug-likeness (QED) is 0.258. The Morgan fingerprint density at radius 1 is 0.949 bits per heavy atom. The predicted octanol–water partition coefficient (Wildman–Crippen LogP) is 6.76. The number of benzene rings is 2. The van der Waals surface area contributed by atoms with E-state index in [1.165, 1.54) is 48.5 Å². The van der Waals surface area contributed by atoms with E-state index in [1.54, 1.807) is 12.1 Å². The number of hydrogen-bond acceptors (Lipinski definition) is 6. The molecular weight excluding hydrogens is 539 g/mol. The van der Waals surface area contributed by atoms with Crippen LogP contribution >= 0.6 is 0 Å². The Labute approximate surface area is 233 Å². The molecule has 0 spiro atoms. The molecule has 0 aliphatic heterocycles. The van der Waals surface area contributed by atoms with Gasteiger partial charge < -0.3 is 4.74 Å². The lowest BCUT2D eigenvalue weighted by Gasteiger charge is -2.37. The van der Waals surface area contributed by atoms with E-state index in [-0.39, 0.29) is 24.4 Å². The van der Waals surface area contributed by atoms with Crippen LogP contribution in [-0.2, 0) is 29.2 Å². The van der Waals surface area contributed by atoms with Gasteiger partial charge in [-0.25, -0.2) is 21.2 Å². The van der Waals surface area contributed by atoms with Crippen LogP contribution in [0.4, 0.5) is 4.39 Å². The van der Waals surface area contributed by atoms with E-state index in [2.05, 4.69) is 20.8 Å². The highest BCUT2D eigenvalue weighted by Gasteiger charge is 2.62. The first-order chi connectivity index (χ1) is 18.4. The van der Waals surface area contributed by atoms with E-state index < -0.39 is 52.1 Å². The van der Waals surface area contributed by atoms with Gasteiger partial charge in [-0.05, 0) is 61.3 Å². The van der Waals surface area contributed by atoms with Crippen LogP contribution in [0.2, 0.25) is 0 Å². The molecule has 1 aliphatic rings. The van der Waals surface area contributed by atoms with Crippen LogP contribution in [0.25, 0.3) is 0 Å². The van der Waals surface area contributed by atoms with Crippen LogP contribution in [-0.4, -0.2) is 33.2 Å². The van der Waals surface area contributed by atoms with Crippen molar-refractivity contribution in [3.63, 3.8) is 0 Å². The van der Waals surface area contributed by atoms with Gasteiger partial charge in [0.1, 0.15) is 6.10 Å². The van der Waals surface area contributed by atoms with Crippen molar-refractivity contribution in [1.29, 1.82) is 0 Å². The number of halogens is 1. The smallest absolute Gasteiger partial charge is 0.321 e. The molecule has 0 aromatic heterocycles. The number of rotatable bonds is 12. The van der Waals surface area contributed by atoms with Crippen LogP contribution in [0.5, 0.6) is 0 Å². The Morgan fingerprint density at radius 2 is 1.46 bits per heavy atom. The Hall–Kier alpha value is -2.26. The summed E-state index contributed by atoms with van der Waals surface area (Å²) in [4.78, 5) is 12.4. The topological polar surface area (TPSA) is 94.6 Å². The van der Waals surface area contributed by atoms with Gasteiger partial charge in [0.05, 0.1) is 16.2 Å². The van der Waals surface area contributed by atoms with Crippen molar-refractivity contribution in [1.82, 2.24) is 0 Å². The third-order valence-corrected chi connectivity index (χ3v) is 13.1. The Bertz CT molecular complexity index is 1220. The number of hydrogen-bond donors (Lipinski definition) is 0. The lowest BCUT2D eigenvalue weighted by atomic mass is 9.75. The average Bonchev–Trinajstić information content (AvgIpc) is 2.91. The summed E-state index contributed by atoms with van der Waals surface area (Å²) < 4.78 is 75.3. The number of carbonyl (C=O) groups excluding carboxylic acids is 1. The number of esters is 1. The summed E-state index contributed by atoms with van der Waals surface area (Å²) in [5.41, 5.74) is 0. The fraction of sp³-hybridized carbons (Fsp3) is 0.567. The predicted molar refractivity (Wildman–Crippen MR) is 150 cm³/mol. The highest BCUT2D eigenvalue weighted by atomic mass is 32.3. The summed E-state index contributed by atoms with van der Waals surface area (Å²) in [6, 6.07) is 13.5. The summed E-state index contributed by atoms with van der Waals surface area (Å²) >= 11 is 0. The molecule has 9 heteroatoms. The van der Waals surface area contributed by atoms with Crippen molar-refractivity contribution in [3.8, 4) is 0 Å². The molecule has 216 valence electrons. The molecular formula is C30H41FO6S2. The standard InChI is InChI=1S/C30H41FO6S2/c1-5-6-13-24(21-29(32)37-28-20-23(4)18-19-27(28)22(2)3)30(31,38(33,34)25-14-9-7-10-15-25)39(35,36)26-16-11-8-12-17-26/h7-12,14-17,22-24,27-28H,5-6,13,18-21H2,1-4H3/t23-,24-,27+,28-/m1/s1. The molecule has 0 radical (unpaired) electrons.